The molecule has 0 fully saturated rings. The summed E-state index contributed by atoms with van der Waals surface area (Å²) in [6.45, 7) is 7.61. The Morgan fingerprint density at radius 2 is 1.97 bits per heavy atom. The smallest absolute Gasteiger partial charge is 0.338 e. The zero-order valence-corrected chi connectivity index (χ0v) is 19.3. The lowest BCUT2D eigenvalue weighted by Crippen LogP contribution is -2.45. The van der Waals surface area contributed by atoms with Crippen LogP contribution in [0.4, 0.5) is 4.79 Å². The molecule has 164 valence electrons. The highest BCUT2D eigenvalue weighted by Crippen LogP contribution is 2.40. The fraction of sp³-hybridized carbons (Fsp3) is 0.476. The molecule has 1 aliphatic rings. The van der Waals surface area contributed by atoms with Gasteiger partial charge in [0.2, 0.25) is 0 Å². The van der Waals surface area contributed by atoms with Gasteiger partial charge >= 0.3 is 18.0 Å². The number of carbonyl (C=O) groups excluding carboxylic acids is 3. The summed E-state index contributed by atoms with van der Waals surface area (Å²) >= 11 is 3.41. The maximum absolute atomic E-state index is 12.5. The number of carbonyl (C=O) groups is 3. The second-order valence-electron chi connectivity index (χ2n) is 7.23. The van der Waals surface area contributed by atoms with Crippen molar-refractivity contribution in [1.82, 2.24) is 10.6 Å². The van der Waals surface area contributed by atoms with Gasteiger partial charge in [-0.2, -0.15) is 0 Å². The molecule has 2 N–H and O–H groups in total. The van der Waals surface area contributed by atoms with Crippen LogP contribution >= 0.6 is 15.9 Å². The minimum atomic E-state index is -0.756. The Hall–Kier alpha value is -2.55. The zero-order chi connectivity index (χ0) is 22.4. The van der Waals surface area contributed by atoms with Gasteiger partial charge < -0.3 is 24.8 Å². The van der Waals surface area contributed by atoms with Crippen LogP contribution in [-0.2, 0) is 14.3 Å². The molecule has 1 aromatic rings. The monoisotopic (exact) mass is 482 g/mol. The first-order valence-electron chi connectivity index (χ1n) is 9.71. The SMILES string of the molecule is CCOC(=O)C1=C(C)NC(=O)NC1c1cc(Br)c(OC(=O)CCC(C)C)c(OC)c1. The molecule has 1 unspecified atom stereocenters. The summed E-state index contributed by atoms with van der Waals surface area (Å²) in [5.74, 6) is 0.0185. The number of rotatable bonds is 8. The molecule has 1 aliphatic heterocycles. The number of ether oxygens (including phenoxy) is 3. The van der Waals surface area contributed by atoms with Crippen LogP contribution in [0.5, 0.6) is 11.5 Å². The van der Waals surface area contributed by atoms with Crippen molar-refractivity contribution in [2.75, 3.05) is 13.7 Å². The van der Waals surface area contributed by atoms with Crippen LogP contribution in [0.1, 0.15) is 52.1 Å². The number of methoxy groups -OCH3 is 1. The minimum absolute atomic E-state index is 0.203. The number of nitrogens with one attached hydrogen (secondary N) is 2. The molecule has 0 spiro atoms. The highest BCUT2D eigenvalue weighted by atomic mass is 79.9. The molecule has 2 amide bonds. The molecule has 0 bridgehead atoms. The highest BCUT2D eigenvalue weighted by molar-refractivity contribution is 9.10. The van der Waals surface area contributed by atoms with Crippen molar-refractivity contribution in [3.05, 3.63) is 33.4 Å². The molecular formula is C21H27BrN2O6. The van der Waals surface area contributed by atoms with E-state index in [2.05, 4.69) is 26.6 Å². The van der Waals surface area contributed by atoms with E-state index < -0.39 is 18.0 Å². The van der Waals surface area contributed by atoms with Crippen molar-refractivity contribution in [2.24, 2.45) is 5.92 Å². The van der Waals surface area contributed by atoms with Crippen molar-refractivity contribution in [3.63, 3.8) is 0 Å². The second-order valence-corrected chi connectivity index (χ2v) is 8.09. The van der Waals surface area contributed by atoms with E-state index in [1.165, 1.54) is 7.11 Å². The molecular weight excluding hydrogens is 456 g/mol. The van der Waals surface area contributed by atoms with E-state index >= 15 is 0 Å². The Morgan fingerprint density at radius 3 is 2.57 bits per heavy atom. The number of esters is 2. The lowest BCUT2D eigenvalue weighted by atomic mass is 9.95. The molecule has 8 nitrogen and oxygen atoms in total. The first-order valence-corrected chi connectivity index (χ1v) is 10.5. The van der Waals surface area contributed by atoms with Crippen molar-refractivity contribution < 1.29 is 28.6 Å². The van der Waals surface area contributed by atoms with Crippen LogP contribution in [-0.4, -0.2) is 31.7 Å². The minimum Gasteiger partial charge on any atom is -0.493 e. The van der Waals surface area contributed by atoms with E-state index in [-0.39, 0.29) is 30.3 Å². The van der Waals surface area contributed by atoms with Gasteiger partial charge in [0.05, 0.1) is 29.8 Å². The number of urea groups is 1. The number of amides is 2. The summed E-state index contributed by atoms with van der Waals surface area (Å²) < 4.78 is 16.5. The Morgan fingerprint density at radius 1 is 1.27 bits per heavy atom. The van der Waals surface area contributed by atoms with Gasteiger partial charge in [-0.05, 0) is 59.8 Å². The van der Waals surface area contributed by atoms with E-state index in [9.17, 15) is 14.4 Å². The van der Waals surface area contributed by atoms with Crippen molar-refractivity contribution in [1.29, 1.82) is 0 Å². The third-order valence-electron chi connectivity index (χ3n) is 4.49. The van der Waals surface area contributed by atoms with Gasteiger partial charge in [-0.1, -0.05) is 13.8 Å². The molecule has 0 radical (unpaired) electrons. The van der Waals surface area contributed by atoms with E-state index in [0.717, 1.165) is 0 Å². The van der Waals surface area contributed by atoms with Crippen LogP contribution in [0, 0.1) is 5.92 Å². The number of hydrogen-bond donors (Lipinski definition) is 2. The topological polar surface area (TPSA) is 103 Å². The Bertz CT molecular complexity index is 865. The molecule has 1 aromatic carbocycles. The van der Waals surface area contributed by atoms with Crippen LogP contribution < -0.4 is 20.1 Å². The lowest BCUT2D eigenvalue weighted by Gasteiger charge is -2.28. The van der Waals surface area contributed by atoms with Crippen LogP contribution in [0.3, 0.4) is 0 Å². The summed E-state index contributed by atoms with van der Waals surface area (Å²) in [6.07, 6.45) is 0.999. The molecule has 2 rings (SSSR count). The van der Waals surface area contributed by atoms with Crippen molar-refractivity contribution >= 4 is 33.9 Å². The van der Waals surface area contributed by atoms with Crippen molar-refractivity contribution in [3.8, 4) is 11.5 Å². The van der Waals surface area contributed by atoms with Gasteiger partial charge in [0.1, 0.15) is 0 Å². The van der Waals surface area contributed by atoms with E-state index in [1.807, 2.05) is 13.8 Å². The number of hydrogen-bond acceptors (Lipinski definition) is 6. The van der Waals surface area contributed by atoms with Gasteiger partial charge in [-0.3, -0.25) is 4.79 Å². The lowest BCUT2D eigenvalue weighted by molar-refractivity contribution is -0.139. The largest absolute Gasteiger partial charge is 0.493 e. The van der Waals surface area contributed by atoms with Crippen molar-refractivity contribution in [2.45, 2.75) is 46.6 Å². The maximum atomic E-state index is 12.5. The molecule has 0 saturated heterocycles. The van der Waals surface area contributed by atoms with Gasteiger partial charge in [-0.15, -0.1) is 0 Å². The third kappa shape index (κ3) is 5.75. The standard InChI is InChI=1S/C21H27BrN2O6/c1-6-29-20(26)17-12(4)23-21(27)24-18(17)13-9-14(22)19(15(10-13)28-5)30-16(25)8-7-11(2)3/h9-11,18H,6-8H2,1-5H3,(H2,23,24,27). The molecule has 0 aliphatic carbocycles. The molecule has 0 saturated carbocycles. The van der Waals surface area contributed by atoms with Gasteiger partial charge in [0, 0.05) is 12.1 Å². The van der Waals surface area contributed by atoms with Gasteiger partial charge in [0.15, 0.2) is 11.5 Å². The predicted octanol–water partition coefficient (Wildman–Crippen LogP) is 3.99. The molecule has 1 heterocycles. The Balaban J connectivity index is 2.40. The zero-order valence-electron chi connectivity index (χ0n) is 17.8. The summed E-state index contributed by atoms with van der Waals surface area (Å²) in [7, 11) is 1.45. The first kappa shape index (κ1) is 23.7. The molecule has 0 aromatic heterocycles. The molecule has 30 heavy (non-hydrogen) atoms. The summed E-state index contributed by atoms with van der Waals surface area (Å²) in [5, 5.41) is 5.32. The fourth-order valence-electron chi connectivity index (χ4n) is 3.00. The fourth-order valence-corrected chi connectivity index (χ4v) is 3.54. The normalized spacial score (nSPS) is 16.1. The van der Waals surface area contributed by atoms with Crippen LogP contribution in [0.25, 0.3) is 0 Å². The quantitative estimate of drug-likeness (QED) is 0.428. The summed E-state index contributed by atoms with van der Waals surface area (Å²) in [4.78, 5) is 36.7. The summed E-state index contributed by atoms with van der Waals surface area (Å²) in [5.41, 5.74) is 1.26. The van der Waals surface area contributed by atoms with Crippen LogP contribution in [0.15, 0.2) is 27.9 Å². The number of halogens is 1. The maximum Gasteiger partial charge on any atom is 0.338 e. The average Bonchev–Trinajstić information content (AvgIpc) is 2.67. The second kappa shape index (κ2) is 10.5. The van der Waals surface area contributed by atoms with Gasteiger partial charge in [0.25, 0.3) is 0 Å². The van der Waals surface area contributed by atoms with E-state index in [1.54, 1.807) is 26.0 Å². The first-order chi connectivity index (χ1) is 14.2. The number of allylic oxidation sites excluding steroid dienone is 1. The molecule has 1 atom stereocenters. The van der Waals surface area contributed by atoms with Crippen LogP contribution in [0.2, 0.25) is 0 Å². The van der Waals surface area contributed by atoms with Gasteiger partial charge in [-0.25, -0.2) is 9.59 Å². The Labute approximate surface area is 184 Å². The Kier molecular flexibility index (Phi) is 8.28. The highest BCUT2D eigenvalue weighted by Gasteiger charge is 2.33. The third-order valence-corrected chi connectivity index (χ3v) is 5.08. The summed E-state index contributed by atoms with van der Waals surface area (Å²) in [6, 6.07) is 2.10. The van der Waals surface area contributed by atoms with E-state index in [0.29, 0.717) is 33.8 Å². The average molecular weight is 483 g/mol. The predicted molar refractivity (Wildman–Crippen MR) is 114 cm³/mol. The number of benzene rings is 1. The molecule has 9 heteroatoms. The van der Waals surface area contributed by atoms with E-state index in [4.69, 9.17) is 14.2 Å².